The summed E-state index contributed by atoms with van der Waals surface area (Å²) in [6, 6.07) is 5.68. The Morgan fingerprint density at radius 3 is 2.76 bits per heavy atom. The van der Waals surface area contributed by atoms with Crippen molar-refractivity contribution in [2.75, 3.05) is 13.1 Å². The van der Waals surface area contributed by atoms with Crippen LogP contribution in [0.3, 0.4) is 0 Å². The maximum Gasteiger partial charge on any atom is 0.404 e. The molecule has 1 aromatic carbocycles. The summed E-state index contributed by atoms with van der Waals surface area (Å²) >= 11 is 0. The molecule has 2 aromatic rings. The summed E-state index contributed by atoms with van der Waals surface area (Å²) in [7, 11) is 0. The van der Waals surface area contributed by atoms with Crippen LogP contribution in [-0.2, 0) is 11.3 Å². The Balaban J connectivity index is 1.68. The van der Waals surface area contributed by atoms with Crippen LogP contribution in [-0.4, -0.2) is 35.2 Å². The molecule has 1 aromatic heterocycles. The number of carbonyl (C=O) groups excluding carboxylic acids is 1. The first kappa shape index (κ1) is 13.7. The summed E-state index contributed by atoms with van der Waals surface area (Å²) < 4.78 is 31.2. The number of carbonyl (C=O) groups is 1. The molecule has 1 fully saturated rings. The van der Waals surface area contributed by atoms with Crippen molar-refractivity contribution in [1.29, 1.82) is 0 Å². The SMILES string of the molecule is NC(=O)OC1CN(Cc2ccc3cc(F)c(F)cc3n2)C1. The minimum absolute atomic E-state index is 0.186. The van der Waals surface area contributed by atoms with Crippen molar-refractivity contribution in [2.24, 2.45) is 5.73 Å². The Bertz CT molecular complexity index is 702. The van der Waals surface area contributed by atoms with Gasteiger partial charge in [-0.15, -0.1) is 0 Å². The van der Waals surface area contributed by atoms with Crippen molar-refractivity contribution < 1.29 is 18.3 Å². The fourth-order valence-corrected chi connectivity index (χ4v) is 2.37. The van der Waals surface area contributed by atoms with E-state index >= 15 is 0 Å². The minimum atomic E-state index is -0.911. The molecule has 2 N–H and O–H groups in total. The second-order valence-corrected chi connectivity index (χ2v) is 5.01. The van der Waals surface area contributed by atoms with Gasteiger partial charge in [0.1, 0.15) is 6.10 Å². The summed E-state index contributed by atoms with van der Waals surface area (Å²) in [5.74, 6) is -1.79. The van der Waals surface area contributed by atoms with E-state index < -0.39 is 17.7 Å². The van der Waals surface area contributed by atoms with Crippen LogP contribution >= 0.6 is 0 Å². The molecule has 0 unspecified atom stereocenters. The highest BCUT2D eigenvalue weighted by atomic mass is 19.2. The number of benzene rings is 1. The second kappa shape index (κ2) is 5.25. The number of fused-ring (bicyclic) bond motifs is 1. The molecule has 110 valence electrons. The topological polar surface area (TPSA) is 68.5 Å². The molecule has 1 amide bonds. The number of primary amides is 1. The zero-order chi connectivity index (χ0) is 15.0. The van der Waals surface area contributed by atoms with E-state index in [1.807, 2.05) is 4.90 Å². The molecule has 7 heteroatoms. The fourth-order valence-electron chi connectivity index (χ4n) is 2.37. The molecule has 0 spiro atoms. The number of likely N-dealkylation sites (tertiary alicyclic amines) is 1. The molecule has 21 heavy (non-hydrogen) atoms. The molecular formula is C14H13F2N3O2. The van der Waals surface area contributed by atoms with Crippen LogP contribution < -0.4 is 5.73 Å². The quantitative estimate of drug-likeness (QED) is 0.937. The number of hydrogen-bond acceptors (Lipinski definition) is 4. The van der Waals surface area contributed by atoms with Crippen LogP contribution in [0.2, 0.25) is 0 Å². The third-order valence-electron chi connectivity index (χ3n) is 3.38. The van der Waals surface area contributed by atoms with E-state index in [9.17, 15) is 13.6 Å². The van der Waals surface area contributed by atoms with E-state index in [0.29, 0.717) is 30.5 Å². The van der Waals surface area contributed by atoms with E-state index in [-0.39, 0.29) is 6.10 Å². The standard InChI is InChI=1S/C14H13F2N3O2/c15-11-3-8-1-2-9(18-13(8)4-12(11)16)5-19-6-10(7-19)21-14(17)20/h1-4,10H,5-7H2,(H2,17,20). The van der Waals surface area contributed by atoms with Crippen molar-refractivity contribution in [3.63, 3.8) is 0 Å². The minimum Gasteiger partial charge on any atom is -0.444 e. The van der Waals surface area contributed by atoms with Gasteiger partial charge in [0, 0.05) is 31.1 Å². The number of nitrogens with zero attached hydrogens (tertiary/aromatic N) is 2. The lowest BCUT2D eigenvalue weighted by atomic mass is 10.1. The van der Waals surface area contributed by atoms with Gasteiger partial charge in [0.2, 0.25) is 0 Å². The zero-order valence-corrected chi connectivity index (χ0v) is 11.1. The predicted octanol–water partition coefficient (Wildman–Crippen LogP) is 1.79. The third kappa shape index (κ3) is 2.92. The lowest BCUT2D eigenvalue weighted by Gasteiger charge is -2.37. The van der Waals surface area contributed by atoms with Gasteiger partial charge < -0.3 is 10.5 Å². The smallest absolute Gasteiger partial charge is 0.404 e. The van der Waals surface area contributed by atoms with E-state index in [2.05, 4.69) is 4.98 Å². The highest BCUT2D eigenvalue weighted by Gasteiger charge is 2.29. The maximum atomic E-state index is 13.2. The summed E-state index contributed by atoms with van der Waals surface area (Å²) in [4.78, 5) is 16.9. The molecule has 5 nitrogen and oxygen atoms in total. The number of nitrogens with two attached hydrogens (primary N) is 1. The van der Waals surface area contributed by atoms with E-state index in [0.717, 1.165) is 17.8 Å². The molecule has 2 heterocycles. The largest absolute Gasteiger partial charge is 0.444 e. The molecule has 3 rings (SSSR count). The van der Waals surface area contributed by atoms with Gasteiger partial charge in [0.15, 0.2) is 11.6 Å². The number of aromatic nitrogens is 1. The second-order valence-electron chi connectivity index (χ2n) is 5.01. The van der Waals surface area contributed by atoms with Gasteiger partial charge in [0.05, 0.1) is 11.2 Å². The van der Waals surface area contributed by atoms with Crippen LogP contribution in [0.4, 0.5) is 13.6 Å². The predicted molar refractivity (Wildman–Crippen MR) is 71.4 cm³/mol. The van der Waals surface area contributed by atoms with Crippen LogP contribution in [0.25, 0.3) is 10.9 Å². The monoisotopic (exact) mass is 293 g/mol. The molecule has 0 saturated carbocycles. The fraction of sp³-hybridized carbons (Fsp3) is 0.286. The number of halogens is 2. The average Bonchev–Trinajstić information content (AvgIpc) is 2.37. The maximum absolute atomic E-state index is 13.2. The summed E-state index contributed by atoms with van der Waals surface area (Å²) in [5, 5.41) is 0.552. The number of amides is 1. The molecule has 0 aliphatic carbocycles. The Hall–Kier alpha value is -2.28. The molecule has 1 aliphatic heterocycles. The number of hydrogen-bond donors (Lipinski definition) is 1. The van der Waals surface area contributed by atoms with Crippen LogP contribution in [0.1, 0.15) is 5.69 Å². The summed E-state index contributed by atoms with van der Waals surface area (Å²) in [6.45, 7) is 1.72. The summed E-state index contributed by atoms with van der Waals surface area (Å²) in [6.07, 6.45) is -0.963. The van der Waals surface area contributed by atoms with Gasteiger partial charge in [-0.05, 0) is 12.1 Å². The first-order valence-electron chi connectivity index (χ1n) is 6.44. The highest BCUT2D eigenvalue weighted by Crippen LogP contribution is 2.19. The lowest BCUT2D eigenvalue weighted by molar-refractivity contribution is -0.0142. The highest BCUT2D eigenvalue weighted by molar-refractivity contribution is 5.78. The van der Waals surface area contributed by atoms with Gasteiger partial charge in [0.25, 0.3) is 0 Å². The lowest BCUT2D eigenvalue weighted by Crippen LogP contribution is -2.52. The first-order chi connectivity index (χ1) is 10.0. The molecule has 0 bridgehead atoms. The number of rotatable bonds is 3. The van der Waals surface area contributed by atoms with Gasteiger partial charge >= 0.3 is 6.09 Å². The normalized spacial score (nSPS) is 15.9. The molecule has 0 radical (unpaired) electrons. The van der Waals surface area contributed by atoms with Crippen molar-refractivity contribution in [3.05, 3.63) is 41.6 Å². The van der Waals surface area contributed by atoms with Gasteiger partial charge in [-0.3, -0.25) is 9.88 Å². The van der Waals surface area contributed by atoms with Crippen molar-refractivity contribution in [1.82, 2.24) is 9.88 Å². The van der Waals surface area contributed by atoms with Crippen molar-refractivity contribution >= 4 is 17.0 Å². The van der Waals surface area contributed by atoms with Gasteiger partial charge in [-0.25, -0.2) is 13.6 Å². The van der Waals surface area contributed by atoms with Gasteiger partial charge in [-0.2, -0.15) is 0 Å². The molecule has 1 saturated heterocycles. The Kier molecular flexibility index (Phi) is 3.42. The Morgan fingerprint density at radius 1 is 1.33 bits per heavy atom. The van der Waals surface area contributed by atoms with E-state index in [1.165, 1.54) is 0 Å². The van der Waals surface area contributed by atoms with Crippen LogP contribution in [0.15, 0.2) is 24.3 Å². The van der Waals surface area contributed by atoms with E-state index in [1.54, 1.807) is 12.1 Å². The van der Waals surface area contributed by atoms with Crippen LogP contribution in [0.5, 0.6) is 0 Å². The molecular weight excluding hydrogens is 280 g/mol. The first-order valence-corrected chi connectivity index (χ1v) is 6.44. The Morgan fingerprint density at radius 2 is 2.05 bits per heavy atom. The van der Waals surface area contributed by atoms with Crippen molar-refractivity contribution in [3.8, 4) is 0 Å². The summed E-state index contributed by atoms with van der Waals surface area (Å²) in [5.41, 5.74) is 6.09. The zero-order valence-electron chi connectivity index (χ0n) is 11.1. The Labute approximate surface area is 119 Å². The van der Waals surface area contributed by atoms with Gasteiger partial charge in [-0.1, -0.05) is 6.07 Å². The van der Waals surface area contributed by atoms with E-state index in [4.69, 9.17) is 10.5 Å². The third-order valence-corrected chi connectivity index (χ3v) is 3.38. The molecule has 1 aliphatic rings. The van der Waals surface area contributed by atoms with Crippen LogP contribution in [0, 0.1) is 11.6 Å². The molecule has 0 atom stereocenters. The average molecular weight is 293 g/mol. The van der Waals surface area contributed by atoms with Crippen molar-refractivity contribution in [2.45, 2.75) is 12.6 Å². The number of ether oxygens (including phenoxy) is 1. The number of pyridine rings is 1.